The Kier molecular flexibility index (Phi) is 2.29. The van der Waals surface area contributed by atoms with E-state index in [1.165, 1.54) is 0 Å². The molecule has 0 amide bonds. The maximum Gasteiger partial charge on any atom is 0.151 e. The Balaban J connectivity index is 2.68. The fourth-order valence-electron chi connectivity index (χ4n) is 1.35. The van der Waals surface area contributed by atoms with Gasteiger partial charge in [0, 0.05) is 6.20 Å². The first-order chi connectivity index (χ1) is 6.70. The minimum Gasteiger partial charge on any atom is -0.463 e. The largest absolute Gasteiger partial charge is 0.463 e. The third-order valence-corrected chi connectivity index (χ3v) is 2.66. The zero-order chi connectivity index (χ0) is 10.1. The molecule has 2 aromatic heterocycles. The molecule has 0 saturated heterocycles. The number of pyridine rings is 1. The summed E-state index contributed by atoms with van der Waals surface area (Å²) >= 11 is 3.39. The summed E-state index contributed by atoms with van der Waals surface area (Å²) in [6.45, 7) is 1.97. The molecule has 0 bridgehead atoms. The normalized spacial score (nSPS) is 10.4. The highest BCUT2D eigenvalue weighted by Gasteiger charge is 2.13. The zero-order valence-electron chi connectivity index (χ0n) is 7.62. The molecule has 0 atom stereocenters. The highest BCUT2D eigenvalue weighted by Crippen LogP contribution is 2.34. The number of halogens is 1. The van der Waals surface area contributed by atoms with Crippen LogP contribution in [0.5, 0.6) is 0 Å². The van der Waals surface area contributed by atoms with E-state index in [1.54, 1.807) is 12.5 Å². The van der Waals surface area contributed by atoms with E-state index in [4.69, 9.17) is 10.2 Å². The topological polar surface area (TPSA) is 52.0 Å². The fraction of sp³-hybridized carbons (Fsp3) is 0.100. The molecule has 0 saturated carbocycles. The van der Waals surface area contributed by atoms with Gasteiger partial charge in [0.1, 0.15) is 5.82 Å². The van der Waals surface area contributed by atoms with E-state index in [2.05, 4.69) is 20.9 Å². The molecular formula is C10H9BrN2O. The molecule has 0 aromatic carbocycles. The summed E-state index contributed by atoms with van der Waals surface area (Å²) in [6.07, 6.45) is 3.30. The van der Waals surface area contributed by atoms with Gasteiger partial charge in [0.05, 0.1) is 16.3 Å². The van der Waals surface area contributed by atoms with Gasteiger partial charge < -0.3 is 10.2 Å². The zero-order valence-corrected chi connectivity index (χ0v) is 9.21. The van der Waals surface area contributed by atoms with Crippen LogP contribution in [-0.2, 0) is 0 Å². The Labute approximate surface area is 90.1 Å². The van der Waals surface area contributed by atoms with Gasteiger partial charge in [0.2, 0.25) is 0 Å². The van der Waals surface area contributed by atoms with Crippen LogP contribution in [0.3, 0.4) is 0 Å². The number of aromatic nitrogens is 1. The van der Waals surface area contributed by atoms with Crippen molar-refractivity contribution < 1.29 is 4.42 Å². The molecule has 72 valence electrons. The SMILES string of the molecule is Cc1ccnc(N)c1-c1occc1Br. The lowest BCUT2D eigenvalue weighted by atomic mass is 10.1. The molecule has 0 fully saturated rings. The molecule has 2 N–H and O–H groups in total. The Hall–Kier alpha value is -1.29. The van der Waals surface area contributed by atoms with Crippen LogP contribution in [0.4, 0.5) is 5.82 Å². The molecule has 0 aliphatic rings. The molecular weight excluding hydrogens is 244 g/mol. The maximum atomic E-state index is 5.79. The molecule has 3 nitrogen and oxygen atoms in total. The van der Waals surface area contributed by atoms with Gasteiger partial charge in [-0.2, -0.15) is 0 Å². The standard InChI is InChI=1S/C10H9BrN2O/c1-6-2-4-13-10(12)8(6)9-7(11)3-5-14-9/h2-5H,1H3,(H2,12,13). The van der Waals surface area contributed by atoms with E-state index in [-0.39, 0.29) is 0 Å². The van der Waals surface area contributed by atoms with Crippen molar-refractivity contribution in [1.29, 1.82) is 0 Å². The van der Waals surface area contributed by atoms with E-state index >= 15 is 0 Å². The minimum absolute atomic E-state index is 0.487. The van der Waals surface area contributed by atoms with Crippen LogP contribution in [0.1, 0.15) is 5.56 Å². The average Bonchev–Trinajstić information content (AvgIpc) is 2.52. The summed E-state index contributed by atoms with van der Waals surface area (Å²) in [5, 5.41) is 0. The summed E-state index contributed by atoms with van der Waals surface area (Å²) in [7, 11) is 0. The van der Waals surface area contributed by atoms with Gasteiger partial charge in [0.15, 0.2) is 5.76 Å². The predicted molar refractivity (Wildman–Crippen MR) is 58.8 cm³/mol. The second-order valence-corrected chi connectivity index (χ2v) is 3.84. The van der Waals surface area contributed by atoms with Gasteiger partial charge >= 0.3 is 0 Å². The van der Waals surface area contributed by atoms with Crippen LogP contribution in [0, 0.1) is 6.92 Å². The lowest BCUT2D eigenvalue weighted by Gasteiger charge is -2.05. The molecule has 2 aromatic rings. The third kappa shape index (κ3) is 1.42. The second kappa shape index (κ2) is 3.46. The lowest BCUT2D eigenvalue weighted by molar-refractivity contribution is 0.581. The van der Waals surface area contributed by atoms with Gasteiger partial charge in [-0.15, -0.1) is 0 Å². The van der Waals surface area contributed by atoms with E-state index in [1.807, 2.05) is 19.1 Å². The molecule has 2 rings (SSSR count). The van der Waals surface area contributed by atoms with Crippen molar-refractivity contribution in [3.8, 4) is 11.3 Å². The van der Waals surface area contributed by atoms with E-state index in [9.17, 15) is 0 Å². The number of nitrogen functional groups attached to an aromatic ring is 1. The lowest BCUT2D eigenvalue weighted by Crippen LogP contribution is -1.95. The number of aryl methyl sites for hydroxylation is 1. The summed E-state index contributed by atoms with van der Waals surface area (Å²) in [4.78, 5) is 4.03. The fourth-order valence-corrected chi connectivity index (χ4v) is 1.75. The van der Waals surface area contributed by atoms with Crippen LogP contribution < -0.4 is 5.73 Å². The molecule has 0 radical (unpaired) electrons. The van der Waals surface area contributed by atoms with Crippen LogP contribution in [-0.4, -0.2) is 4.98 Å². The maximum absolute atomic E-state index is 5.79. The number of nitrogens with zero attached hydrogens (tertiary/aromatic N) is 1. The van der Waals surface area contributed by atoms with Gasteiger partial charge in [-0.1, -0.05) is 0 Å². The van der Waals surface area contributed by atoms with Gasteiger partial charge in [-0.05, 0) is 40.5 Å². The first-order valence-corrected chi connectivity index (χ1v) is 4.94. The van der Waals surface area contributed by atoms with Crippen LogP contribution in [0.15, 0.2) is 33.5 Å². The molecule has 14 heavy (non-hydrogen) atoms. The predicted octanol–water partition coefficient (Wildman–Crippen LogP) is 2.99. The molecule has 4 heteroatoms. The smallest absolute Gasteiger partial charge is 0.151 e. The van der Waals surface area contributed by atoms with Crippen molar-refractivity contribution in [3.05, 3.63) is 34.6 Å². The molecule has 0 spiro atoms. The monoisotopic (exact) mass is 252 g/mol. The van der Waals surface area contributed by atoms with Crippen molar-refractivity contribution in [3.63, 3.8) is 0 Å². The Morgan fingerprint density at radius 2 is 2.21 bits per heavy atom. The number of hydrogen-bond acceptors (Lipinski definition) is 3. The highest BCUT2D eigenvalue weighted by molar-refractivity contribution is 9.10. The van der Waals surface area contributed by atoms with Crippen molar-refractivity contribution in [2.45, 2.75) is 6.92 Å². The van der Waals surface area contributed by atoms with Crippen molar-refractivity contribution in [2.24, 2.45) is 0 Å². The molecule has 0 aliphatic carbocycles. The van der Waals surface area contributed by atoms with Gasteiger partial charge in [-0.3, -0.25) is 0 Å². The van der Waals surface area contributed by atoms with Crippen LogP contribution in [0.25, 0.3) is 11.3 Å². The first kappa shape index (κ1) is 9.27. The second-order valence-electron chi connectivity index (χ2n) is 2.99. The number of nitrogens with two attached hydrogens (primary N) is 1. The van der Waals surface area contributed by atoms with Gasteiger partial charge in [-0.25, -0.2) is 4.98 Å². The van der Waals surface area contributed by atoms with Crippen molar-refractivity contribution in [2.75, 3.05) is 5.73 Å². The van der Waals surface area contributed by atoms with Crippen molar-refractivity contribution in [1.82, 2.24) is 4.98 Å². The van der Waals surface area contributed by atoms with Crippen molar-refractivity contribution >= 4 is 21.7 Å². The van der Waals surface area contributed by atoms with E-state index in [0.29, 0.717) is 5.82 Å². The average molecular weight is 253 g/mol. The summed E-state index contributed by atoms with van der Waals surface area (Å²) in [6, 6.07) is 3.74. The number of rotatable bonds is 1. The van der Waals surface area contributed by atoms with E-state index in [0.717, 1.165) is 21.4 Å². The first-order valence-electron chi connectivity index (χ1n) is 4.14. The summed E-state index contributed by atoms with van der Waals surface area (Å²) < 4.78 is 6.23. The Bertz CT molecular complexity index is 445. The summed E-state index contributed by atoms with van der Waals surface area (Å²) in [5.41, 5.74) is 7.69. The molecule has 2 heterocycles. The molecule has 0 aliphatic heterocycles. The number of hydrogen-bond donors (Lipinski definition) is 1. The Morgan fingerprint density at radius 3 is 2.79 bits per heavy atom. The number of furan rings is 1. The summed E-state index contributed by atoms with van der Waals surface area (Å²) in [5.74, 6) is 1.22. The van der Waals surface area contributed by atoms with E-state index < -0.39 is 0 Å². The van der Waals surface area contributed by atoms with Crippen LogP contribution >= 0.6 is 15.9 Å². The minimum atomic E-state index is 0.487. The van der Waals surface area contributed by atoms with Crippen LogP contribution in [0.2, 0.25) is 0 Å². The highest BCUT2D eigenvalue weighted by atomic mass is 79.9. The molecule has 0 unspecified atom stereocenters. The van der Waals surface area contributed by atoms with Gasteiger partial charge in [0.25, 0.3) is 0 Å². The Morgan fingerprint density at radius 1 is 1.43 bits per heavy atom. The number of anilines is 1. The quantitative estimate of drug-likeness (QED) is 0.849. The third-order valence-electron chi connectivity index (χ3n) is 2.03.